The standard InChI is InChI=1S/C16H26FNO3/c1-5-18-14(16(20-6-2)21-7-3)11-12-8-9-15(19-4)13(17)10-12/h8-10,14,16,18H,5-7,11H2,1-4H3. The van der Waals surface area contributed by atoms with Crippen molar-refractivity contribution in [3.8, 4) is 5.75 Å². The smallest absolute Gasteiger partial charge is 0.172 e. The average molecular weight is 299 g/mol. The van der Waals surface area contributed by atoms with Gasteiger partial charge in [-0.1, -0.05) is 13.0 Å². The summed E-state index contributed by atoms with van der Waals surface area (Å²) in [6.45, 7) is 7.83. The molecule has 0 fully saturated rings. The maximum Gasteiger partial charge on any atom is 0.172 e. The van der Waals surface area contributed by atoms with E-state index < -0.39 is 0 Å². The fourth-order valence-corrected chi connectivity index (χ4v) is 2.23. The molecule has 0 amide bonds. The first kappa shape index (κ1) is 17.9. The predicted octanol–water partition coefficient (Wildman–Crippen LogP) is 2.75. The Balaban J connectivity index is 2.82. The van der Waals surface area contributed by atoms with E-state index in [0.717, 1.165) is 12.1 Å². The Morgan fingerprint density at radius 1 is 1.14 bits per heavy atom. The van der Waals surface area contributed by atoms with Gasteiger partial charge < -0.3 is 19.5 Å². The minimum absolute atomic E-state index is 0.0253. The number of methoxy groups -OCH3 is 1. The van der Waals surface area contributed by atoms with E-state index >= 15 is 0 Å². The molecule has 1 aromatic carbocycles. The molecule has 0 saturated carbocycles. The number of hydrogen-bond acceptors (Lipinski definition) is 4. The zero-order valence-corrected chi connectivity index (χ0v) is 13.3. The lowest BCUT2D eigenvalue weighted by molar-refractivity contribution is -0.153. The average Bonchev–Trinajstić information content (AvgIpc) is 2.47. The highest BCUT2D eigenvalue weighted by atomic mass is 19.1. The van der Waals surface area contributed by atoms with Gasteiger partial charge in [0.05, 0.1) is 13.2 Å². The van der Waals surface area contributed by atoms with Crippen molar-refractivity contribution in [2.45, 2.75) is 39.5 Å². The predicted molar refractivity (Wildman–Crippen MR) is 81.2 cm³/mol. The Morgan fingerprint density at radius 2 is 1.81 bits per heavy atom. The first-order chi connectivity index (χ1) is 10.2. The second kappa shape index (κ2) is 9.71. The molecule has 1 N–H and O–H groups in total. The van der Waals surface area contributed by atoms with Gasteiger partial charge in [0.15, 0.2) is 17.9 Å². The topological polar surface area (TPSA) is 39.7 Å². The summed E-state index contributed by atoms with van der Waals surface area (Å²) in [5.74, 6) is -0.0977. The van der Waals surface area contributed by atoms with Gasteiger partial charge in [0, 0.05) is 13.2 Å². The van der Waals surface area contributed by atoms with Crippen LogP contribution in [0.1, 0.15) is 26.3 Å². The molecule has 5 heteroatoms. The van der Waals surface area contributed by atoms with Crippen LogP contribution in [-0.2, 0) is 15.9 Å². The third-order valence-corrected chi connectivity index (χ3v) is 3.13. The lowest BCUT2D eigenvalue weighted by atomic mass is 10.0. The van der Waals surface area contributed by atoms with Gasteiger partial charge in [0.2, 0.25) is 0 Å². The second-order valence-electron chi connectivity index (χ2n) is 4.62. The van der Waals surface area contributed by atoms with E-state index in [0.29, 0.717) is 19.6 Å². The Morgan fingerprint density at radius 3 is 2.29 bits per heavy atom. The molecule has 120 valence electrons. The first-order valence-corrected chi connectivity index (χ1v) is 7.45. The number of nitrogens with one attached hydrogen (secondary N) is 1. The highest BCUT2D eigenvalue weighted by molar-refractivity contribution is 5.29. The molecule has 0 aliphatic rings. The van der Waals surface area contributed by atoms with Gasteiger partial charge in [0.25, 0.3) is 0 Å². The minimum Gasteiger partial charge on any atom is -0.494 e. The van der Waals surface area contributed by atoms with E-state index in [1.165, 1.54) is 13.2 Å². The number of benzene rings is 1. The molecular formula is C16H26FNO3. The van der Waals surface area contributed by atoms with Gasteiger partial charge in [-0.25, -0.2) is 4.39 Å². The number of likely N-dealkylation sites (N-methyl/N-ethyl adjacent to an activating group) is 1. The van der Waals surface area contributed by atoms with E-state index in [9.17, 15) is 4.39 Å². The first-order valence-electron chi connectivity index (χ1n) is 7.45. The van der Waals surface area contributed by atoms with Crippen molar-refractivity contribution in [2.24, 2.45) is 0 Å². The summed E-state index contributed by atoms with van der Waals surface area (Å²) >= 11 is 0. The fraction of sp³-hybridized carbons (Fsp3) is 0.625. The summed E-state index contributed by atoms with van der Waals surface area (Å²) in [7, 11) is 1.46. The fourth-order valence-electron chi connectivity index (χ4n) is 2.23. The summed E-state index contributed by atoms with van der Waals surface area (Å²) in [5, 5.41) is 3.35. The maximum atomic E-state index is 13.8. The Hall–Kier alpha value is -1.17. The number of hydrogen-bond donors (Lipinski definition) is 1. The van der Waals surface area contributed by atoms with E-state index in [4.69, 9.17) is 14.2 Å². The van der Waals surface area contributed by atoms with Crippen molar-refractivity contribution in [1.82, 2.24) is 5.32 Å². The molecule has 0 aliphatic heterocycles. The summed E-state index contributed by atoms with van der Waals surface area (Å²) in [6, 6.07) is 4.98. The molecule has 1 rings (SSSR count). The van der Waals surface area contributed by atoms with Crippen molar-refractivity contribution < 1.29 is 18.6 Å². The molecule has 0 spiro atoms. The normalized spacial score (nSPS) is 12.7. The van der Waals surface area contributed by atoms with E-state index in [1.54, 1.807) is 6.07 Å². The molecule has 0 radical (unpaired) electrons. The number of rotatable bonds is 10. The Labute approximate surface area is 126 Å². The van der Waals surface area contributed by atoms with Crippen LogP contribution in [-0.4, -0.2) is 39.2 Å². The van der Waals surface area contributed by atoms with Crippen LogP contribution in [0.4, 0.5) is 4.39 Å². The van der Waals surface area contributed by atoms with E-state index in [1.807, 2.05) is 26.8 Å². The zero-order chi connectivity index (χ0) is 15.7. The van der Waals surface area contributed by atoms with Crippen LogP contribution in [0, 0.1) is 5.82 Å². The Kier molecular flexibility index (Phi) is 8.27. The highest BCUT2D eigenvalue weighted by Crippen LogP contribution is 2.19. The maximum absolute atomic E-state index is 13.8. The summed E-state index contributed by atoms with van der Waals surface area (Å²) in [4.78, 5) is 0. The van der Waals surface area contributed by atoms with Crippen molar-refractivity contribution in [2.75, 3.05) is 26.9 Å². The third-order valence-electron chi connectivity index (χ3n) is 3.13. The number of halogens is 1. The van der Waals surface area contributed by atoms with Crippen LogP contribution in [0.25, 0.3) is 0 Å². The molecule has 1 aromatic rings. The summed E-state index contributed by atoms with van der Waals surface area (Å²) < 4.78 is 30.0. The molecule has 0 saturated heterocycles. The molecular weight excluding hydrogens is 273 g/mol. The molecule has 4 nitrogen and oxygen atoms in total. The molecule has 1 unspecified atom stereocenters. The summed E-state index contributed by atoms with van der Waals surface area (Å²) in [5.41, 5.74) is 0.878. The molecule has 1 atom stereocenters. The lowest BCUT2D eigenvalue weighted by Gasteiger charge is -2.27. The van der Waals surface area contributed by atoms with Crippen LogP contribution in [0.5, 0.6) is 5.75 Å². The zero-order valence-electron chi connectivity index (χ0n) is 13.3. The Bertz CT molecular complexity index is 409. The largest absolute Gasteiger partial charge is 0.494 e. The van der Waals surface area contributed by atoms with E-state index in [2.05, 4.69) is 5.32 Å². The van der Waals surface area contributed by atoms with Gasteiger partial charge in [-0.05, 0) is 44.5 Å². The van der Waals surface area contributed by atoms with Gasteiger partial charge in [-0.15, -0.1) is 0 Å². The molecule has 0 aromatic heterocycles. The monoisotopic (exact) mass is 299 g/mol. The van der Waals surface area contributed by atoms with Crippen molar-refractivity contribution >= 4 is 0 Å². The van der Waals surface area contributed by atoms with Gasteiger partial charge >= 0.3 is 0 Å². The van der Waals surface area contributed by atoms with Crippen LogP contribution < -0.4 is 10.1 Å². The van der Waals surface area contributed by atoms with Gasteiger partial charge in [0.1, 0.15) is 0 Å². The lowest BCUT2D eigenvalue weighted by Crippen LogP contribution is -2.44. The van der Waals surface area contributed by atoms with Crippen LogP contribution >= 0.6 is 0 Å². The van der Waals surface area contributed by atoms with Crippen molar-refractivity contribution in [1.29, 1.82) is 0 Å². The minimum atomic E-state index is -0.352. The second-order valence-corrected chi connectivity index (χ2v) is 4.62. The summed E-state index contributed by atoms with van der Waals surface area (Å²) in [6.07, 6.45) is 0.282. The van der Waals surface area contributed by atoms with Gasteiger partial charge in [-0.3, -0.25) is 0 Å². The molecule has 0 bridgehead atoms. The third kappa shape index (κ3) is 5.61. The molecule has 0 heterocycles. The van der Waals surface area contributed by atoms with Crippen LogP contribution in [0.3, 0.4) is 0 Å². The van der Waals surface area contributed by atoms with Crippen LogP contribution in [0.2, 0.25) is 0 Å². The van der Waals surface area contributed by atoms with E-state index in [-0.39, 0.29) is 23.9 Å². The molecule has 0 aliphatic carbocycles. The quantitative estimate of drug-likeness (QED) is 0.674. The van der Waals surface area contributed by atoms with Gasteiger partial charge in [-0.2, -0.15) is 0 Å². The van der Waals surface area contributed by atoms with Crippen molar-refractivity contribution in [3.63, 3.8) is 0 Å². The molecule has 21 heavy (non-hydrogen) atoms. The SMILES string of the molecule is CCNC(Cc1ccc(OC)c(F)c1)C(OCC)OCC. The van der Waals surface area contributed by atoms with Crippen LogP contribution in [0.15, 0.2) is 18.2 Å². The van der Waals surface area contributed by atoms with Crippen molar-refractivity contribution in [3.05, 3.63) is 29.6 Å². The highest BCUT2D eigenvalue weighted by Gasteiger charge is 2.22. The number of ether oxygens (including phenoxy) is 3.